The topological polar surface area (TPSA) is 30.5 Å². The Balaban J connectivity index is 1.94. The zero-order valence-corrected chi connectivity index (χ0v) is 13.7. The fourth-order valence-electron chi connectivity index (χ4n) is 2.30. The van der Waals surface area contributed by atoms with Crippen molar-refractivity contribution in [3.05, 3.63) is 59.2 Å². The molecule has 0 aromatic heterocycles. The van der Waals surface area contributed by atoms with Crippen LogP contribution in [0.15, 0.2) is 42.5 Å². The van der Waals surface area contributed by atoms with Gasteiger partial charge >= 0.3 is 0 Å². The van der Waals surface area contributed by atoms with Crippen LogP contribution in [0.1, 0.15) is 30.0 Å². The molecule has 2 rings (SSSR count). The Morgan fingerprint density at radius 3 is 2.55 bits per heavy atom. The Bertz CT molecular complexity index is 596. The molecule has 0 fully saturated rings. The molecule has 0 saturated heterocycles. The summed E-state index contributed by atoms with van der Waals surface area (Å²) in [6, 6.07) is 14.5. The molecule has 2 aromatic rings. The highest BCUT2D eigenvalue weighted by Crippen LogP contribution is 2.28. The van der Waals surface area contributed by atoms with Crippen molar-refractivity contribution in [1.82, 2.24) is 5.32 Å². The Kier molecular flexibility index (Phi) is 6.28. The lowest BCUT2D eigenvalue weighted by atomic mass is 10.1. The molecule has 0 bridgehead atoms. The molecule has 3 nitrogen and oxygen atoms in total. The molecule has 0 unspecified atom stereocenters. The van der Waals surface area contributed by atoms with Gasteiger partial charge in [0.2, 0.25) is 0 Å². The molecular weight excluding hydrogens is 274 g/mol. The zero-order chi connectivity index (χ0) is 15.8. The van der Waals surface area contributed by atoms with Gasteiger partial charge < -0.3 is 14.8 Å². The summed E-state index contributed by atoms with van der Waals surface area (Å²) in [5, 5.41) is 3.48. The molecule has 118 valence electrons. The number of ether oxygens (including phenoxy) is 2. The second-order valence-corrected chi connectivity index (χ2v) is 5.36. The van der Waals surface area contributed by atoms with Crippen LogP contribution in [0.25, 0.3) is 0 Å². The van der Waals surface area contributed by atoms with Gasteiger partial charge in [-0.1, -0.05) is 37.3 Å². The fraction of sp³-hybridized carbons (Fsp3) is 0.368. The Morgan fingerprint density at radius 1 is 1.00 bits per heavy atom. The summed E-state index contributed by atoms with van der Waals surface area (Å²) >= 11 is 0. The first-order valence-electron chi connectivity index (χ1n) is 7.79. The van der Waals surface area contributed by atoms with E-state index in [2.05, 4.69) is 49.5 Å². The predicted molar refractivity (Wildman–Crippen MR) is 90.5 cm³/mol. The van der Waals surface area contributed by atoms with Crippen molar-refractivity contribution in [2.24, 2.45) is 0 Å². The first-order valence-corrected chi connectivity index (χ1v) is 7.79. The van der Waals surface area contributed by atoms with Crippen LogP contribution in [0.2, 0.25) is 0 Å². The average molecular weight is 299 g/mol. The number of nitrogens with one attached hydrogen (secondary N) is 1. The van der Waals surface area contributed by atoms with Gasteiger partial charge in [0.05, 0.1) is 13.7 Å². The average Bonchev–Trinajstić information content (AvgIpc) is 2.55. The lowest BCUT2D eigenvalue weighted by Crippen LogP contribution is -2.13. The summed E-state index contributed by atoms with van der Waals surface area (Å²) < 4.78 is 11.1. The molecule has 0 aliphatic rings. The summed E-state index contributed by atoms with van der Waals surface area (Å²) in [5.41, 5.74) is 3.84. The highest BCUT2D eigenvalue weighted by atomic mass is 16.5. The van der Waals surface area contributed by atoms with Crippen molar-refractivity contribution in [3.8, 4) is 11.5 Å². The molecule has 0 atom stereocenters. The summed E-state index contributed by atoms with van der Waals surface area (Å²) in [6.07, 6.45) is 0.989. The van der Waals surface area contributed by atoms with E-state index in [1.165, 1.54) is 16.7 Å². The van der Waals surface area contributed by atoms with Crippen LogP contribution in [0.4, 0.5) is 0 Å². The third-order valence-corrected chi connectivity index (χ3v) is 3.60. The minimum atomic E-state index is 0.710. The molecule has 3 heteroatoms. The fourth-order valence-corrected chi connectivity index (χ4v) is 2.30. The van der Waals surface area contributed by atoms with E-state index in [1.807, 2.05) is 12.1 Å². The van der Waals surface area contributed by atoms with Crippen molar-refractivity contribution in [3.63, 3.8) is 0 Å². The molecule has 22 heavy (non-hydrogen) atoms. The summed E-state index contributed by atoms with van der Waals surface area (Å²) in [5.74, 6) is 1.61. The lowest BCUT2D eigenvalue weighted by Gasteiger charge is -2.12. The number of benzene rings is 2. The van der Waals surface area contributed by atoms with Gasteiger partial charge in [-0.3, -0.25) is 0 Å². The molecule has 0 heterocycles. The quantitative estimate of drug-likeness (QED) is 0.796. The Hall–Kier alpha value is -2.00. The van der Waals surface area contributed by atoms with Gasteiger partial charge in [0.25, 0.3) is 0 Å². The van der Waals surface area contributed by atoms with Crippen LogP contribution in [-0.2, 0) is 13.1 Å². The first kappa shape index (κ1) is 16.4. The van der Waals surface area contributed by atoms with Crippen molar-refractivity contribution >= 4 is 0 Å². The van der Waals surface area contributed by atoms with E-state index < -0.39 is 0 Å². The lowest BCUT2D eigenvalue weighted by molar-refractivity contribution is 0.294. The van der Waals surface area contributed by atoms with Crippen LogP contribution in [0.3, 0.4) is 0 Å². The van der Waals surface area contributed by atoms with Crippen molar-refractivity contribution in [2.45, 2.75) is 33.4 Å². The van der Waals surface area contributed by atoms with Crippen LogP contribution in [0.5, 0.6) is 11.5 Å². The third kappa shape index (κ3) is 4.50. The van der Waals surface area contributed by atoms with Crippen LogP contribution >= 0.6 is 0 Å². The van der Waals surface area contributed by atoms with Crippen molar-refractivity contribution in [2.75, 3.05) is 13.7 Å². The molecule has 0 saturated carbocycles. The van der Waals surface area contributed by atoms with E-state index in [0.717, 1.165) is 31.0 Å². The van der Waals surface area contributed by atoms with E-state index in [4.69, 9.17) is 9.47 Å². The molecule has 0 aliphatic heterocycles. The van der Waals surface area contributed by atoms with Gasteiger partial charge in [-0.2, -0.15) is 0 Å². The van der Waals surface area contributed by atoms with E-state index in [-0.39, 0.29) is 0 Å². The van der Waals surface area contributed by atoms with Crippen LogP contribution in [-0.4, -0.2) is 13.7 Å². The van der Waals surface area contributed by atoms with Crippen LogP contribution < -0.4 is 14.8 Å². The third-order valence-electron chi connectivity index (χ3n) is 3.60. The smallest absolute Gasteiger partial charge is 0.161 e. The molecular formula is C19H25NO2. The molecule has 0 aliphatic carbocycles. The Labute approximate surface area is 133 Å². The molecule has 0 spiro atoms. The van der Waals surface area contributed by atoms with Gasteiger partial charge in [-0.15, -0.1) is 0 Å². The maximum Gasteiger partial charge on any atom is 0.161 e. The minimum Gasteiger partial charge on any atom is -0.493 e. The van der Waals surface area contributed by atoms with Gasteiger partial charge in [0.15, 0.2) is 11.5 Å². The number of hydrogen-bond acceptors (Lipinski definition) is 3. The second-order valence-electron chi connectivity index (χ2n) is 5.36. The molecule has 0 amide bonds. The molecule has 2 aromatic carbocycles. The normalized spacial score (nSPS) is 10.5. The van der Waals surface area contributed by atoms with Gasteiger partial charge in [0.1, 0.15) is 0 Å². The number of aryl methyl sites for hydroxylation is 1. The number of hydrogen-bond donors (Lipinski definition) is 1. The number of methoxy groups -OCH3 is 1. The van der Waals surface area contributed by atoms with Crippen molar-refractivity contribution in [1.29, 1.82) is 0 Å². The summed E-state index contributed by atoms with van der Waals surface area (Å²) in [7, 11) is 1.68. The van der Waals surface area contributed by atoms with E-state index >= 15 is 0 Å². The standard InChI is InChI=1S/C19H25NO2/c1-4-11-22-18-10-9-16(12-19(18)21-3)13-20-14-17-8-6-5-7-15(17)2/h5-10,12,20H,4,11,13-14H2,1-3H3. The van der Waals surface area contributed by atoms with E-state index in [1.54, 1.807) is 7.11 Å². The van der Waals surface area contributed by atoms with Gasteiger partial charge in [-0.05, 0) is 42.2 Å². The van der Waals surface area contributed by atoms with Crippen LogP contribution in [0, 0.1) is 6.92 Å². The van der Waals surface area contributed by atoms with Gasteiger partial charge in [0, 0.05) is 13.1 Å². The monoisotopic (exact) mass is 299 g/mol. The van der Waals surface area contributed by atoms with E-state index in [9.17, 15) is 0 Å². The maximum absolute atomic E-state index is 5.68. The first-order chi connectivity index (χ1) is 10.7. The second kappa shape index (κ2) is 8.44. The van der Waals surface area contributed by atoms with Crippen molar-refractivity contribution < 1.29 is 9.47 Å². The minimum absolute atomic E-state index is 0.710. The largest absolute Gasteiger partial charge is 0.493 e. The highest BCUT2D eigenvalue weighted by molar-refractivity contribution is 5.43. The highest BCUT2D eigenvalue weighted by Gasteiger charge is 2.05. The predicted octanol–water partition coefficient (Wildman–Crippen LogP) is 4.08. The van der Waals surface area contributed by atoms with Gasteiger partial charge in [-0.25, -0.2) is 0 Å². The zero-order valence-electron chi connectivity index (χ0n) is 13.7. The Morgan fingerprint density at radius 2 is 1.82 bits per heavy atom. The summed E-state index contributed by atoms with van der Waals surface area (Å²) in [4.78, 5) is 0. The summed E-state index contributed by atoms with van der Waals surface area (Å²) in [6.45, 7) is 6.61. The van der Waals surface area contributed by atoms with E-state index in [0.29, 0.717) is 6.61 Å². The maximum atomic E-state index is 5.68. The SMILES string of the molecule is CCCOc1ccc(CNCc2ccccc2C)cc1OC. The molecule has 1 N–H and O–H groups in total. The molecule has 0 radical (unpaired) electrons. The number of rotatable bonds is 8.